The summed E-state index contributed by atoms with van der Waals surface area (Å²) >= 11 is 1.27. The fraction of sp³-hybridized carbons (Fsp3) is 0.0417. The lowest BCUT2D eigenvalue weighted by Crippen LogP contribution is -2.30. The number of carbonyl (C=O) groups is 2. The number of hydrogen-bond donors (Lipinski definition) is 0. The molecule has 4 rings (SSSR count). The van der Waals surface area contributed by atoms with Crippen molar-refractivity contribution >= 4 is 40.4 Å². The molecule has 29 heavy (non-hydrogen) atoms. The predicted molar refractivity (Wildman–Crippen MR) is 119 cm³/mol. The van der Waals surface area contributed by atoms with E-state index >= 15 is 0 Å². The zero-order valence-corrected chi connectivity index (χ0v) is 16.4. The summed E-state index contributed by atoms with van der Waals surface area (Å²) in [6.07, 6.45) is 1.77. The molecule has 4 nitrogen and oxygen atoms in total. The SMILES string of the molecule is O=C(CSC1=N/C(=C\c2ccccc2)C(=O)N1c1ccccc1)c1ccccc1. The first-order chi connectivity index (χ1) is 14.2. The Hall–Kier alpha value is -3.44. The lowest BCUT2D eigenvalue weighted by atomic mass is 10.2. The van der Waals surface area contributed by atoms with Gasteiger partial charge >= 0.3 is 0 Å². The number of amidine groups is 1. The van der Waals surface area contributed by atoms with Crippen molar-refractivity contribution in [2.75, 3.05) is 10.7 Å². The fourth-order valence-corrected chi connectivity index (χ4v) is 3.85. The van der Waals surface area contributed by atoms with Gasteiger partial charge in [-0.2, -0.15) is 0 Å². The molecule has 0 unspecified atom stereocenters. The smallest absolute Gasteiger partial charge is 0.283 e. The monoisotopic (exact) mass is 398 g/mol. The molecule has 1 aliphatic rings. The quantitative estimate of drug-likeness (QED) is 0.447. The van der Waals surface area contributed by atoms with Crippen LogP contribution < -0.4 is 4.90 Å². The van der Waals surface area contributed by atoms with E-state index in [4.69, 9.17) is 0 Å². The van der Waals surface area contributed by atoms with Crippen LogP contribution in [0.4, 0.5) is 5.69 Å². The molecule has 0 N–H and O–H groups in total. The van der Waals surface area contributed by atoms with Gasteiger partial charge in [0.05, 0.1) is 11.4 Å². The van der Waals surface area contributed by atoms with Gasteiger partial charge in [0.1, 0.15) is 5.70 Å². The third-order valence-electron chi connectivity index (χ3n) is 4.38. The predicted octanol–water partition coefficient (Wildman–Crippen LogP) is 5.05. The van der Waals surface area contributed by atoms with Gasteiger partial charge in [0.2, 0.25) is 0 Å². The van der Waals surface area contributed by atoms with Crippen LogP contribution in [0.5, 0.6) is 0 Å². The van der Waals surface area contributed by atoms with Gasteiger partial charge in [0, 0.05) is 5.56 Å². The molecule has 0 saturated heterocycles. The van der Waals surface area contributed by atoms with Gasteiger partial charge in [-0.3, -0.25) is 14.5 Å². The number of benzene rings is 3. The number of carbonyl (C=O) groups excluding carboxylic acids is 2. The molecule has 0 atom stereocenters. The van der Waals surface area contributed by atoms with E-state index < -0.39 is 0 Å². The summed E-state index contributed by atoms with van der Waals surface area (Å²) in [6.45, 7) is 0. The fourth-order valence-electron chi connectivity index (χ4n) is 2.94. The lowest BCUT2D eigenvalue weighted by molar-refractivity contribution is -0.113. The van der Waals surface area contributed by atoms with Gasteiger partial charge in [0.25, 0.3) is 5.91 Å². The van der Waals surface area contributed by atoms with Crippen molar-refractivity contribution in [3.8, 4) is 0 Å². The van der Waals surface area contributed by atoms with Crippen molar-refractivity contribution in [2.24, 2.45) is 4.99 Å². The van der Waals surface area contributed by atoms with Crippen molar-refractivity contribution in [1.82, 2.24) is 0 Å². The van der Waals surface area contributed by atoms with Gasteiger partial charge < -0.3 is 0 Å². The van der Waals surface area contributed by atoms with E-state index in [-0.39, 0.29) is 17.4 Å². The third-order valence-corrected chi connectivity index (χ3v) is 5.31. The molecule has 0 aromatic heterocycles. The number of aliphatic imine (C=N–C) groups is 1. The van der Waals surface area contributed by atoms with Crippen LogP contribution >= 0.6 is 11.8 Å². The summed E-state index contributed by atoms with van der Waals surface area (Å²) in [5, 5.41) is 0.507. The number of rotatable bonds is 5. The molecule has 0 spiro atoms. The Labute approximate surface area is 173 Å². The highest BCUT2D eigenvalue weighted by atomic mass is 32.2. The van der Waals surface area contributed by atoms with Gasteiger partial charge in [-0.05, 0) is 23.8 Å². The Kier molecular flexibility index (Phi) is 5.68. The number of Topliss-reactive ketones (excluding diaryl/α,β-unsaturated/α-hetero) is 1. The van der Waals surface area contributed by atoms with Crippen LogP contribution in [0.15, 0.2) is 102 Å². The van der Waals surface area contributed by atoms with Crippen LogP contribution in [0.3, 0.4) is 0 Å². The minimum absolute atomic E-state index is 0.000695. The van der Waals surface area contributed by atoms with Gasteiger partial charge in [-0.15, -0.1) is 0 Å². The first-order valence-electron chi connectivity index (χ1n) is 9.18. The van der Waals surface area contributed by atoms with Gasteiger partial charge in [0.15, 0.2) is 11.0 Å². The highest BCUT2D eigenvalue weighted by Crippen LogP contribution is 2.29. The highest BCUT2D eigenvalue weighted by Gasteiger charge is 2.32. The molecule has 0 radical (unpaired) electrons. The van der Waals surface area contributed by atoms with Crippen LogP contribution in [0.2, 0.25) is 0 Å². The summed E-state index contributed by atoms with van der Waals surface area (Å²) in [6, 6.07) is 28.1. The standard InChI is InChI=1S/C24H18N2O2S/c27-22(19-12-6-2-7-13-19)17-29-24-25-21(16-18-10-4-1-5-11-18)23(28)26(24)20-14-8-3-9-15-20/h1-16H,17H2/b21-16-. The van der Waals surface area contributed by atoms with E-state index in [1.54, 1.807) is 23.1 Å². The first-order valence-corrected chi connectivity index (χ1v) is 10.2. The number of ketones is 1. The van der Waals surface area contributed by atoms with Gasteiger partial charge in [-0.1, -0.05) is 90.6 Å². The van der Waals surface area contributed by atoms with E-state index in [0.29, 0.717) is 16.4 Å². The van der Waals surface area contributed by atoms with E-state index in [2.05, 4.69) is 4.99 Å². The third kappa shape index (κ3) is 4.36. The molecule has 0 bridgehead atoms. The highest BCUT2D eigenvalue weighted by molar-refractivity contribution is 8.14. The normalized spacial score (nSPS) is 14.9. The number of hydrogen-bond acceptors (Lipinski definition) is 4. The summed E-state index contributed by atoms with van der Waals surface area (Å²) in [5.74, 6) is 0.00639. The maximum atomic E-state index is 13.1. The topological polar surface area (TPSA) is 49.7 Å². The molecule has 1 amide bonds. The van der Waals surface area contributed by atoms with E-state index in [0.717, 1.165) is 11.3 Å². The molecule has 1 heterocycles. The number of amides is 1. The van der Waals surface area contributed by atoms with Crippen LogP contribution in [-0.2, 0) is 4.79 Å². The van der Waals surface area contributed by atoms with Crippen molar-refractivity contribution in [3.05, 3.63) is 108 Å². The summed E-state index contributed by atoms with van der Waals surface area (Å²) < 4.78 is 0. The molecular weight excluding hydrogens is 380 g/mol. The largest absolute Gasteiger partial charge is 0.293 e. The minimum Gasteiger partial charge on any atom is -0.293 e. The molecule has 5 heteroatoms. The second kappa shape index (κ2) is 8.71. The molecule has 142 valence electrons. The number of nitrogens with zero attached hydrogens (tertiary/aromatic N) is 2. The van der Waals surface area contributed by atoms with E-state index in [9.17, 15) is 9.59 Å². The Morgan fingerprint density at radius 2 is 1.45 bits per heavy atom. The zero-order valence-electron chi connectivity index (χ0n) is 15.6. The molecule has 0 aliphatic carbocycles. The Morgan fingerprint density at radius 3 is 2.10 bits per heavy atom. The van der Waals surface area contributed by atoms with Crippen molar-refractivity contribution in [1.29, 1.82) is 0 Å². The minimum atomic E-state index is -0.199. The summed E-state index contributed by atoms with van der Waals surface area (Å²) in [4.78, 5) is 31.7. The first kappa shape index (κ1) is 18.9. The zero-order chi connectivity index (χ0) is 20.1. The maximum absolute atomic E-state index is 13.1. The number of anilines is 1. The maximum Gasteiger partial charge on any atom is 0.283 e. The molecule has 3 aromatic rings. The summed E-state index contributed by atoms with van der Waals surface area (Å²) in [5.41, 5.74) is 2.64. The van der Waals surface area contributed by atoms with Crippen LogP contribution in [-0.4, -0.2) is 22.6 Å². The van der Waals surface area contributed by atoms with Crippen molar-refractivity contribution < 1.29 is 9.59 Å². The average molecular weight is 398 g/mol. The van der Waals surface area contributed by atoms with Crippen molar-refractivity contribution in [3.63, 3.8) is 0 Å². The van der Waals surface area contributed by atoms with Crippen molar-refractivity contribution in [2.45, 2.75) is 0 Å². The Bertz CT molecular complexity index is 1080. The second-order valence-electron chi connectivity index (χ2n) is 6.39. The van der Waals surface area contributed by atoms with Gasteiger partial charge in [-0.25, -0.2) is 4.99 Å². The average Bonchev–Trinajstić information content (AvgIpc) is 3.09. The Morgan fingerprint density at radius 1 is 0.862 bits per heavy atom. The van der Waals surface area contributed by atoms with Crippen LogP contribution in [0, 0.1) is 0 Å². The second-order valence-corrected chi connectivity index (χ2v) is 7.33. The molecular formula is C24H18N2O2S. The number of thioether (sulfide) groups is 1. The number of para-hydroxylation sites is 1. The van der Waals surface area contributed by atoms with Crippen LogP contribution in [0.1, 0.15) is 15.9 Å². The summed E-state index contributed by atoms with van der Waals surface area (Å²) in [7, 11) is 0. The van der Waals surface area contributed by atoms with E-state index in [1.165, 1.54) is 11.8 Å². The van der Waals surface area contributed by atoms with E-state index in [1.807, 2.05) is 78.9 Å². The Balaban J connectivity index is 1.62. The molecule has 0 fully saturated rings. The molecule has 1 aliphatic heterocycles. The molecule has 0 saturated carbocycles. The lowest BCUT2D eigenvalue weighted by Gasteiger charge is -2.17. The van der Waals surface area contributed by atoms with Crippen LogP contribution in [0.25, 0.3) is 6.08 Å². The molecule has 3 aromatic carbocycles.